The van der Waals surface area contributed by atoms with E-state index in [9.17, 15) is 9.90 Å². The first-order valence-electron chi connectivity index (χ1n) is 8.79. The highest BCUT2D eigenvalue weighted by molar-refractivity contribution is 8.00. The van der Waals surface area contributed by atoms with Gasteiger partial charge in [-0.25, -0.2) is 0 Å². The van der Waals surface area contributed by atoms with Crippen molar-refractivity contribution < 1.29 is 9.90 Å². The van der Waals surface area contributed by atoms with Crippen LogP contribution in [-0.2, 0) is 5.41 Å². The van der Waals surface area contributed by atoms with Gasteiger partial charge in [0.1, 0.15) is 0 Å². The van der Waals surface area contributed by atoms with Crippen LogP contribution in [0.3, 0.4) is 0 Å². The Morgan fingerprint density at radius 1 is 1.11 bits per heavy atom. The number of hydrogen-bond donors (Lipinski definition) is 2. The molecule has 2 aromatic carbocycles. The topological polar surface area (TPSA) is 62.2 Å². The molecule has 0 atom stereocenters. The second kappa shape index (κ2) is 8.78. The lowest BCUT2D eigenvalue weighted by atomic mass is 9.86. The number of rotatable bonds is 7. The van der Waals surface area contributed by atoms with Gasteiger partial charge in [0.15, 0.2) is 5.78 Å². The van der Waals surface area contributed by atoms with Crippen LogP contribution in [-0.4, -0.2) is 22.5 Å². The average Bonchev–Trinajstić information content (AvgIpc) is 2.73. The van der Waals surface area contributed by atoms with E-state index < -0.39 is 0 Å². The van der Waals surface area contributed by atoms with Gasteiger partial charge in [0.05, 0.1) is 12.3 Å². The molecule has 3 rings (SSSR count). The number of aliphatic hydroxyl groups is 1. The molecule has 2 N–H and O–H groups in total. The number of carbonyl (C=O) groups is 1. The highest BCUT2D eigenvalue weighted by atomic mass is 35.5. The zero-order chi connectivity index (χ0) is 20.1. The SMILES string of the molecule is CC(C)(CO)c1ccc(SNc2ccc(Cl)cc2C(=O)c2ccncc2)cc1. The Balaban J connectivity index is 1.79. The fourth-order valence-electron chi connectivity index (χ4n) is 2.63. The second-order valence-electron chi connectivity index (χ2n) is 7.03. The summed E-state index contributed by atoms with van der Waals surface area (Å²) in [7, 11) is 0. The molecule has 28 heavy (non-hydrogen) atoms. The van der Waals surface area contributed by atoms with Gasteiger partial charge in [-0.1, -0.05) is 37.6 Å². The van der Waals surface area contributed by atoms with E-state index >= 15 is 0 Å². The lowest BCUT2D eigenvalue weighted by molar-refractivity contribution is 0.103. The zero-order valence-electron chi connectivity index (χ0n) is 15.6. The van der Waals surface area contributed by atoms with Crippen LogP contribution in [0, 0.1) is 0 Å². The van der Waals surface area contributed by atoms with Gasteiger partial charge in [-0.3, -0.25) is 9.78 Å². The van der Waals surface area contributed by atoms with Gasteiger partial charge >= 0.3 is 0 Å². The molecule has 3 aromatic rings. The molecule has 0 unspecified atom stereocenters. The molecular weight excluding hydrogens is 392 g/mol. The number of halogens is 1. The first kappa shape index (κ1) is 20.4. The molecule has 0 spiro atoms. The van der Waals surface area contributed by atoms with Gasteiger partial charge < -0.3 is 9.83 Å². The largest absolute Gasteiger partial charge is 0.395 e. The van der Waals surface area contributed by atoms with E-state index in [0.717, 1.165) is 10.5 Å². The van der Waals surface area contributed by atoms with Gasteiger partial charge in [-0.15, -0.1) is 0 Å². The standard InChI is InChI=1S/C22H21ClN2O2S/c1-22(2,14-26)16-3-6-18(7-4-16)28-25-20-8-5-17(23)13-19(20)21(27)15-9-11-24-12-10-15/h3-13,25-26H,14H2,1-2H3. The van der Waals surface area contributed by atoms with Crippen LogP contribution in [0.25, 0.3) is 0 Å². The van der Waals surface area contributed by atoms with Crippen molar-refractivity contribution in [2.45, 2.75) is 24.2 Å². The van der Waals surface area contributed by atoms with E-state index in [2.05, 4.69) is 9.71 Å². The fourth-order valence-corrected chi connectivity index (χ4v) is 3.48. The fraction of sp³-hybridized carbons (Fsp3) is 0.182. The summed E-state index contributed by atoms with van der Waals surface area (Å²) >= 11 is 7.53. The van der Waals surface area contributed by atoms with Crippen LogP contribution in [0.2, 0.25) is 5.02 Å². The molecule has 0 aliphatic carbocycles. The van der Waals surface area contributed by atoms with Crippen LogP contribution < -0.4 is 4.72 Å². The van der Waals surface area contributed by atoms with E-state index in [0.29, 0.717) is 21.8 Å². The zero-order valence-corrected chi connectivity index (χ0v) is 17.2. The molecule has 4 nitrogen and oxygen atoms in total. The predicted molar refractivity (Wildman–Crippen MR) is 115 cm³/mol. The molecule has 1 heterocycles. The lowest BCUT2D eigenvalue weighted by Crippen LogP contribution is -2.21. The number of aromatic nitrogens is 1. The van der Waals surface area contributed by atoms with Gasteiger partial charge in [0.25, 0.3) is 0 Å². The van der Waals surface area contributed by atoms with Crippen molar-refractivity contribution in [1.82, 2.24) is 4.98 Å². The highest BCUT2D eigenvalue weighted by Gasteiger charge is 2.19. The molecule has 144 valence electrons. The number of hydrogen-bond acceptors (Lipinski definition) is 5. The Hall–Kier alpha value is -2.34. The minimum atomic E-state index is -0.281. The Kier molecular flexibility index (Phi) is 6.39. The molecule has 6 heteroatoms. The van der Waals surface area contributed by atoms with Crippen molar-refractivity contribution in [2.24, 2.45) is 0 Å². The van der Waals surface area contributed by atoms with E-state index in [4.69, 9.17) is 11.6 Å². The lowest BCUT2D eigenvalue weighted by Gasteiger charge is -2.22. The molecule has 0 saturated heterocycles. The number of pyridine rings is 1. The number of ketones is 1. The van der Waals surface area contributed by atoms with Crippen LogP contribution in [0.4, 0.5) is 5.69 Å². The number of carbonyl (C=O) groups excluding carboxylic acids is 1. The minimum Gasteiger partial charge on any atom is -0.395 e. The number of nitrogens with zero attached hydrogens (tertiary/aromatic N) is 1. The third-order valence-electron chi connectivity index (χ3n) is 4.48. The van der Waals surface area contributed by atoms with Crippen molar-refractivity contribution in [3.8, 4) is 0 Å². The number of anilines is 1. The van der Waals surface area contributed by atoms with Crippen LogP contribution in [0.5, 0.6) is 0 Å². The quantitative estimate of drug-likeness (QED) is 0.404. The maximum Gasteiger partial charge on any atom is 0.195 e. The third-order valence-corrected chi connectivity index (χ3v) is 5.54. The summed E-state index contributed by atoms with van der Waals surface area (Å²) in [6.45, 7) is 4.08. The highest BCUT2D eigenvalue weighted by Crippen LogP contribution is 2.30. The van der Waals surface area contributed by atoms with E-state index in [1.165, 1.54) is 11.9 Å². The van der Waals surface area contributed by atoms with Crippen LogP contribution >= 0.6 is 23.5 Å². The van der Waals surface area contributed by atoms with Gasteiger partial charge in [-0.2, -0.15) is 0 Å². The molecular formula is C22H21ClN2O2S. The summed E-state index contributed by atoms with van der Waals surface area (Å²) in [5, 5.41) is 10.0. The van der Waals surface area contributed by atoms with Crippen molar-refractivity contribution in [1.29, 1.82) is 0 Å². The summed E-state index contributed by atoms with van der Waals surface area (Å²) in [5.74, 6) is -0.118. The number of benzene rings is 2. The Morgan fingerprint density at radius 2 is 1.79 bits per heavy atom. The number of nitrogens with one attached hydrogen (secondary N) is 1. The van der Waals surface area contributed by atoms with Crippen molar-refractivity contribution in [3.05, 3.63) is 88.7 Å². The van der Waals surface area contributed by atoms with Crippen molar-refractivity contribution in [2.75, 3.05) is 11.3 Å². The number of aliphatic hydroxyl groups excluding tert-OH is 1. The molecule has 0 bridgehead atoms. The maximum atomic E-state index is 12.9. The van der Waals surface area contributed by atoms with Crippen LogP contribution in [0.15, 0.2) is 71.9 Å². The van der Waals surface area contributed by atoms with E-state index in [1.807, 2.05) is 38.1 Å². The molecule has 0 fully saturated rings. The van der Waals surface area contributed by atoms with E-state index in [1.54, 1.807) is 42.7 Å². The molecule has 0 aliphatic rings. The first-order chi connectivity index (χ1) is 13.4. The monoisotopic (exact) mass is 412 g/mol. The Bertz CT molecular complexity index is 960. The minimum absolute atomic E-state index is 0.0863. The summed E-state index contributed by atoms with van der Waals surface area (Å²) in [6, 6.07) is 16.6. The van der Waals surface area contributed by atoms with Crippen molar-refractivity contribution in [3.63, 3.8) is 0 Å². The summed E-state index contributed by atoms with van der Waals surface area (Å²) in [4.78, 5) is 17.8. The summed E-state index contributed by atoms with van der Waals surface area (Å²) < 4.78 is 3.25. The molecule has 0 aliphatic heterocycles. The summed E-state index contributed by atoms with van der Waals surface area (Å²) in [6.07, 6.45) is 3.18. The maximum absolute atomic E-state index is 12.9. The van der Waals surface area contributed by atoms with Gasteiger partial charge in [0, 0.05) is 38.9 Å². The third kappa shape index (κ3) is 4.73. The first-order valence-corrected chi connectivity index (χ1v) is 9.99. The Labute approximate surface area is 174 Å². The van der Waals surface area contributed by atoms with E-state index in [-0.39, 0.29) is 17.8 Å². The van der Waals surface area contributed by atoms with Crippen molar-refractivity contribution >= 4 is 35.0 Å². The smallest absolute Gasteiger partial charge is 0.195 e. The normalized spacial score (nSPS) is 11.3. The van der Waals surface area contributed by atoms with Gasteiger partial charge in [-0.05, 0) is 60.0 Å². The van der Waals surface area contributed by atoms with Crippen LogP contribution in [0.1, 0.15) is 35.3 Å². The predicted octanol–water partition coefficient (Wildman–Crippen LogP) is 5.36. The average molecular weight is 413 g/mol. The molecule has 1 aromatic heterocycles. The summed E-state index contributed by atoms with van der Waals surface area (Å²) in [5.41, 5.74) is 2.54. The molecule has 0 saturated carbocycles. The molecule has 0 radical (unpaired) electrons. The molecule has 0 amide bonds. The Morgan fingerprint density at radius 3 is 2.43 bits per heavy atom. The second-order valence-corrected chi connectivity index (χ2v) is 8.34. The van der Waals surface area contributed by atoms with Gasteiger partial charge in [0.2, 0.25) is 0 Å².